The first-order chi connectivity index (χ1) is 14.7. The van der Waals surface area contributed by atoms with Crippen molar-refractivity contribution in [1.82, 2.24) is 19.6 Å². The summed E-state index contributed by atoms with van der Waals surface area (Å²) in [5.41, 5.74) is 1.56. The molecule has 0 aliphatic carbocycles. The van der Waals surface area contributed by atoms with Gasteiger partial charge in [0.2, 0.25) is 16.0 Å². The standard InChI is InChI=1S/C21H24FN5O3S/c1-27(2)13-3-11-24-31(29,30)17-7-5-16(6-8-17)25-21-23-12-10-19(26-21)15-4-9-20(28)18(22)14-15/h4-10,12,14,24,28H,3,11,13H2,1-2H3,(H,23,25,26). The van der Waals surface area contributed by atoms with E-state index in [0.717, 1.165) is 6.54 Å². The zero-order valence-corrected chi connectivity index (χ0v) is 18.0. The Morgan fingerprint density at radius 1 is 1.10 bits per heavy atom. The van der Waals surface area contributed by atoms with Gasteiger partial charge in [0.1, 0.15) is 0 Å². The fraction of sp³-hybridized carbons (Fsp3) is 0.238. The van der Waals surface area contributed by atoms with Gasteiger partial charge in [0.25, 0.3) is 0 Å². The summed E-state index contributed by atoms with van der Waals surface area (Å²) in [6.45, 7) is 1.15. The summed E-state index contributed by atoms with van der Waals surface area (Å²) in [5.74, 6) is -0.903. The number of phenols is 1. The maximum absolute atomic E-state index is 13.6. The van der Waals surface area contributed by atoms with E-state index in [0.29, 0.717) is 29.9 Å². The van der Waals surface area contributed by atoms with Gasteiger partial charge in [-0.2, -0.15) is 0 Å². The number of sulfonamides is 1. The third-order valence-electron chi connectivity index (χ3n) is 4.39. The molecule has 10 heteroatoms. The molecule has 0 fully saturated rings. The van der Waals surface area contributed by atoms with Crippen LogP contribution >= 0.6 is 0 Å². The van der Waals surface area contributed by atoms with E-state index >= 15 is 0 Å². The molecular formula is C21H24FN5O3S. The van der Waals surface area contributed by atoms with E-state index in [9.17, 15) is 17.9 Å². The number of halogens is 1. The average molecular weight is 446 g/mol. The fourth-order valence-corrected chi connectivity index (χ4v) is 3.85. The number of aromatic hydroxyl groups is 1. The molecule has 0 saturated heterocycles. The highest BCUT2D eigenvalue weighted by molar-refractivity contribution is 7.89. The number of anilines is 2. The second-order valence-corrected chi connectivity index (χ2v) is 8.90. The van der Waals surface area contributed by atoms with Gasteiger partial charge in [-0.25, -0.2) is 27.5 Å². The van der Waals surface area contributed by atoms with E-state index in [1.807, 2.05) is 19.0 Å². The highest BCUT2D eigenvalue weighted by Crippen LogP contribution is 2.24. The van der Waals surface area contributed by atoms with Crippen LogP contribution in [0, 0.1) is 5.82 Å². The molecule has 0 atom stereocenters. The lowest BCUT2D eigenvalue weighted by molar-refractivity contribution is 0.400. The van der Waals surface area contributed by atoms with Gasteiger partial charge in [0.05, 0.1) is 10.6 Å². The van der Waals surface area contributed by atoms with Gasteiger partial charge in [-0.05, 0) is 75.6 Å². The zero-order valence-electron chi connectivity index (χ0n) is 17.2. The van der Waals surface area contributed by atoms with Crippen LogP contribution in [0.3, 0.4) is 0 Å². The van der Waals surface area contributed by atoms with E-state index in [-0.39, 0.29) is 10.8 Å². The lowest BCUT2D eigenvalue weighted by atomic mass is 10.1. The van der Waals surface area contributed by atoms with Crippen LogP contribution < -0.4 is 10.0 Å². The Labute approximate surface area is 180 Å². The number of nitrogens with zero attached hydrogens (tertiary/aromatic N) is 3. The van der Waals surface area contributed by atoms with Gasteiger partial charge in [0.15, 0.2) is 11.6 Å². The lowest BCUT2D eigenvalue weighted by Crippen LogP contribution is -2.27. The molecule has 2 aromatic carbocycles. The van der Waals surface area contributed by atoms with E-state index in [1.54, 1.807) is 24.3 Å². The Balaban J connectivity index is 1.68. The van der Waals surface area contributed by atoms with Gasteiger partial charge >= 0.3 is 0 Å². The summed E-state index contributed by atoms with van der Waals surface area (Å²) < 4.78 is 41.0. The van der Waals surface area contributed by atoms with Crippen molar-refractivity contribution in [3.05, 3.63) is 60.5 Å². The Morgan fingerprint density at radius 3 is 2.52 bits per heavy atom. The molecule has 0 aliphatic rings. The third-order valence-corrected chi connectivity index (χ3v) is 5.87. The second kappa shape index (κ2) is 9.82. The molecule has 1 heterocycles. The predicted molar refractivity (Wildman–Crippen MR) is 117 cm³/mol. The summed E-state index contributed by atoms with van der Waals surface area (Å²) >= 11 is 0. The molecule has 8 nitrogen and oxygen atoms in total. The minimum absolute atomic E-state index is 0.164. The minimum atomic E-state index is -3.58. The Bertz CT molecular complexity index is 1140. The number of benzene rings is 2. The highest BCUT2D eigenvalue weighted by Gasteiger charge is 2.13. The number of phenolic OH excluding ortho intramolecular Hbond substituents is 1. The average Bonchev–Trinajstić information content (AvgIpc) is 2.74. The van der Waals surface area contributed by atoms with Gasteiger partial charge < -0.3 is 15.3 Å². The van der Waals surface area contributed by atoms with Crippen LogP contribution in [0.15, 0.2) is 59.6 Å². The summed E-state index contributed by atoms with van der Waals surface area (Å²) in [5, 5.41) is 12.3. The molecule has 0 unspecified atom stereocenters. The summed E-state index contributed by atoms with van der Waals surface area (Å²) in [7, 11) is 0.285. The molecule has 3 aromatic rings. The monoisotopic (exact) mass is 445 g/mol. The minimum Gasteiger partial charge on any atom is -0.505 e. The SMILES string of the molecule is CN(C)CCCNS(=O)(=O)c1ccc(Nc2nccc(-c3ccc(O)c(F)c3)n2)cc1. The van der Waals surface area contributed by atoms with Crippen LogP contribution in [0.5, 0.6) is 5.75 Å². The first-order valence-corrected chi connectivity index (χ1v) is 11.1. The number of hydrogen-bond donors (Lipinski definition) is 3. The molecule has 0 bridgehead atoms. The molecule has 0 saturated carbocycles. The van der Waals surface area contributed by atoms with Crippen molar-refractivity contribution in [3.63, 3.8) is 0 Å². The third kappa shape index (κ3) is 6.20. The molecule has 1 aromatic heterocycles. The van der Waals surface area contributed by atoms with E-state index < -0.39 is 21.6 Å². The summed E-state index contributed by atoms with van der Waals surface area (Å²) in [6, 6.07) is 11.8. The van der Waals surface area contributed by atoms with E-state index in [4.69, 9.17) is 0 Å². The van der Waals surface area contributed by atoms with Crippen molar-refractivity contribution in [2.45, 2.75) is 11.3 Å². The van der Waals surface area contributed by atoms with Crippen molar-refractivity contribution in [1.29, 1.82) is 0 Å². The van der Waals surface area contributed by atoms with Crippen molar-refractivity contribution < 1.29 is 17.9 Å². The Kier molecular flexibility index (Phi) is 7.16. The molecule has 164 valence electrons. The van der Waals surface area contributed by atoms with Crippen LogP contribution in [0.2, 0.25) is 0 Å². The first-order valence-electron chi connectivity index (χ1n) is 9.58. The summed E-state index contributed by atoms with van der Waals surface area (Å²) in [6.07, 6.45) is 2.23. The molecule has 0 radical (unpaired) electrons. The van der Waals surface area contributed by atoms with Crippen molar-refractivity contribution in [2.24, 2.45) is 0 Å². The van der Waals surface area contributed by atoms with Gasteiger partial charge in [0, 0.05) is 24.0 Å². The van der Waals surface area contributed by atoms with Crippen LogP contribution in [0.4, 0.5) is 16.0 Å². The van der Waals surface area contributed by atoms with E-state index in [2.05, 4.69) is 20.0 Å². The molecule has 31 heavy (non-hydrogen) atoms. The smallest absolute Gasteiger partial charge is 0.240 e. The van der Waals surface area contributed by atoms with E-state index in [1.165, 1.54) is 30.5 Å². The quantitative estimate of drug-likeness (QED) is 0.435. The van der Waals surface area contributed by atoms with Crippen LogP contribution in [0.1, 0.15) is 6.42 Å². The molecular weight excluding hydrogens is 421 g/mol. The maximum Gasteiger partial charge on any atom is 0.240 e. The Morgan fingerprint density at radius 2 is 1.84 bits per heavy atom. The van der Waals surface area contributed by atoms with Crippen LogP contribution in [0.25, 0.3) is 11.3 Å². The number of nitrogens with one attached hydrogen (secondary N) is 2. The number of rotatable bonds is 9. The largest absolute Gasteiger partial charge is 0.505 e. The van der Waals surface area contributed by atoms with Gasteiger partial charge in [-0.15, -0.1) is 0 Å². The fourth-order valence-electron chi connectivity index (χ4n) is 2.78. The van der Waals surface area contributed by atoms with Gasteiger partial charge in [-0.1, -0.05) is 0 Å². The van der Waals surface area contributed by atoms with Crippen LogP contribution in [-0.2, 0) is 10.0 Å². The van der Waals surface area contributed by atoms with Crippen molar-refractivity contribution >= 4 is 21.7 Å². The number of aromatic nitrogens is 2. The zero-order chi connectivity index (χ0) is 22.4. The molecule has 0 spiro atoms. The lowest BCUT2D eigenvalue weighted by Gasteiger charge is -2.11. The predicted octanol–water partition coefficient (Wildman–Crippen LogP) is 2.96. The maximum atomic E-state index is 13.6. The Hall–Kier alpha value is -3.08. The molecule has 0 aliphatic heterocycles. The van der Waals surface area contributed by atoms with Crippen molar-refractivity contribution in [3.8, 4) is 17.0 Å². The molecule has 0 amide bonds. The molecule has 3 N–H and O–H groups in total. The van der Waals surface area contributed by atoms with Crippen LogP contribution in [-0.4, -0.2) is 55.6 Å². The van der Waals surface area contributed by atoms with Gasteiger partial charge in [-0.3, -0.25) is 0 Å². The highest BCUT2D eigenvalue weighted by atomic mass is 32.2. The molecule has 3 rings (SSSR count). The van der Waals surface area contributed by atoms with Crippen molar-refractivity contribution in [2.75, 3.05) is 32.5 Å². The topological polar surface area (TPSA) is 107 Å². The number of hydrogen-bond acceptors (Lipinski definition) is 7. The normalized spacial score (nSPS) is 11.6. The summed E-state index contributed by atoms with van der Waals surface area (Å²) in [4.78, 5) is 10.6. The second-order valence-electron chi connectivity index (χ2n) is 7.14. The first kappa shape index (κ1) is 22.6.